The van der Waals surface area contributed by atoms with Crippen LogP contribution in [0.4, 0.5) is 5.82 Å². The van der Waals surface area contributed by atoms with Crippen LogP contribution in [0.1, 0.15) is 0 Å². The third-order valence-corrected chi connectivity index (χ3v) is 4.70. The molecule has 4 aromatic rings. The number of pyridine rings is 1. The molecule has 2 N–H and O–H groups in total. The number of nitrogen functional groups attached to an aromatic ring is 1. The molecule has 4 rings (SSSR count). The minimum absolute atomic E-state index is 0.342. The normalized spacial score (nSPS) is 10.7. The van der Waals surface area contributed by atoms with E-state index in [4.69, 9.17) is 24.9 Å². The van der Waals surface area contributed by atoms with Crippen LogP contribution < -0.4 is 19.9 Å². The van der Waals surface area contributed by atoms with Crippen molar-refractivity contribution in [1.82, 2.24) is 15.0 Å². The number of ether oxygens (including phenoxy) is 3. The molecule has 29 heavy (non-hydrogen) atoms. The summed E-state index contributed by atoms with van der Waals surface area (Å²) in [6.45, 7) is 0. The highest BCUT2D eigenvalue weighted by atomic mass is 16.5. The van der Waals surface area contributed by atoms with Gasteiger partial charge >= 0.3 is 0 Å². The molecule has 0 spiro atoms. The van der Waals surface area contributed by atoms with Gasteiger partial charge in [0.05, 0.1) is 32.4 Å². The van der Waals surface area contributed by atoms with Crippen molar-refractivity contribution < 1.29 is 14.2 Å². The average Bonchev–Trinajstić information content (AvgIpc) is 2.77. The average molecular weight is 388 g/mol. The van der Waals surface area contributed by atoms with Crippen LogP contribution in [-0.4, -0.2) is 36.3 Å². The first-order valence-electron chi connectivity index (χ1n) is 8.94. The van der Waals surface area contributed by atoms with Crippen molar-refractivity contribution in [1.29, 1.82) is 0 Å². The Hall–Kier alpha value is -3.87. The van der Waals surface area contributed by atoms with Crippen molar-refractivity contribution in [3.63, 3.8) is 0 Å². The van der Waals surface area contributed by atoms with Gasteiger partial charge in [-0.2, -0.15) is 0 Å². The topological polar surface area (TPSA) is 92.4 Å². The van der Waals surface area contributed by atoms with Crippen LogP contribution in [0, 0.1) is 0 Å². The molecule has 0 saturated carbocycles. The Bertz CT molecular complexity index is 1180. The molecule has 0 radical (unpaired) electrons. The third-order valence-electron chi connectivity index (χ3n) is 4.70. The molecule has 2 aromatic carbocycles. The summed E-state index contributed by atoms with van der Waals surface area (Å²) in [4.78, 5) is 13.2. The molecule has 7 nitrogen and oxygen atoms in total. The molecule has 0 aliphatic rings. The Morgan fingerprint density at radius 3 is 2.24 bits per heavy atom. The van der Waals surface area contributed by atoms with Gasteiger partial charge in [0.25, 0.3) is 0 Å². The third kappa shape index (κ3) is 3.16. The van der Waals surface area contributed by atoms with Gasteiger partial charge < -0.3 is 19.9 Å². The quantitative estimate of drug-likeness (QED) is 0.553. The molecule has 2 aromatic heterocycles. The number of aromatic nitrogens is 3. The number of benzene rings is 2. The first-order valence-corrected chi connectivity index (χ1v) is 8.94. The number of nitrogens with zero attached hydrogens (tertiary/aromatic N) is 3. The van der Waals surface area contributed by atoms with Gasteiger partial charge in [-0.1, -0.05) is 30.3 Å². The largest absolute Gasteiger partial charge is 0.493 e. The first kappa shape index (κ1) is 18.5. The molecule has 2 heterocycles. The Kier molecular flexibility index (Phi) is 4.87. The lowest BCUT2D eigenvalue weighted by atomic mass is 9.98. The summed E-state index contributed by atoms with van der Waals surface area (Å²) in [5.41, 5.74) is 10.0. The first-order chi connectivity index (χ1) is 14.2. The summed E-state index contributed by atoms with van der Waals surface area (Å²) in [7, 11) is 4.74. The molecular formula is C22H20N4O3. The number of anilines is 1. The number of rotatable bonds is 5. The second kappa shape index (κ2) is 7.63. The molecule has 0 saturated heterocycles. The van der Waals surface area contributed by atoms with Crippen molar-refractivity contribution in [3.05, 3.63) is 54.9 Å². The lowest BCUT2D eigenvalue weighted by Crippen LogP contribution is -2.01. The van der Waals surface area contributed by atoms with E-state index in [9.17, 15) is 0 Å². The molecule has 0 aliphatic heterocycles. The minimum atomic E-state index is 0.342. The highest BCUT2D eigenvalue weighted by Gasteiger charge is 2.21. The van der Waals surface area contributed by atoms with Gasteiger partial charge in [0, 0.05) is 16.7 Å². The molecule has 0 fully saturated rings. The van der Waals surface area contributed by atoms with E-state index in [1.165, 1.54) is 6.33 Å². The van der Waals surface area contributed by atoms with E-state index >= 15 is 0 Å². The van der Waals surface area contributed by atoms with Crippen LogP contribution in [0.5, 0.6) is 17.2 Å². The van der Waals surface area contributed by atoms with Crippen LogP contribution in [0.2, 0.25) is 0 Å². The molecular weight excluding hydrogens is 368 g/mol. The summed E-state index contributed by atoms with van der Waals surface area (Å²) < 4.78 is 16.6. The monoisotopic (exact) mass is 388 g/mol. The van der Waals surface area contributed by atoms with Gasteiger partial charge in [-0.3, -0.25) is 0 Å². The second-order valence-corrected chi connectivity index (χ2v) is 6.26. The Balaban J connectivity index is 2.08. The van der Waals surface area contributed by atoms with Crippen LogP contribution in [-0.2, 0) is 0 Å². The van der Waals surface area contributed by atoms with Crippen molar-refractivity contribution in [3.8, 4) is 39.6 Å². The molecule has 146 valence electrons. The molecule has 0 unspecified atom stereocenters. The summed E-state index contributed by atoms with van der Waals surface area (Å²) in [6.07, 6.45) is 1.41. The fourth-order valence-corrected chi connectivity index (χ4v) is 3.37. The predicted molar refractivity (Wildman–Crippen MR) is 112 cm³/mol. The highest BCUT2D eigenvalue weighted by molar-refractivity contribution is 6.02. The number of fused-ring (bicyclic) bond motifs is 1. The van der Waals surface area contributed by atoms with E-state index < -0.39 is 0 Å². The smallest absolute Gasteiger partial charge is 0.203 e. The Labute approximate surface area is 168 Å². The molecule has 0 bridgehead atoms. The maximum Gasteiger partial charge on any atom is 0.203 e. The zero-order chi connectivity index (χ0) is 20.4. The highest BCUT2D eigenvalue weighted by Crippen LogP contribution is 2.46. The van der Waals surface area contributed by atoms with Gasteiger partial charge in [0.2, 0.25) is 5.75 Å². The van der Waals surface area contributed by atoms with E-state index in [-0.39, 0.29) is 0 Å². The molecule has 0 atom stereocenters. The number of methoxy groups -OCH3 is 3. The summed E-state index contributed by atoms with van der Waals surface area (Å²) in [5.74, 6) is 1.93. The van der Waals surface area contributed by atoms with Gasteiger partial charge in [0.15, 0.2) is 17.1 Å². The maximum absolute atomic E-state index is 6.21. The van der Waals surface area contributed by atoms with Gasteiger partial charge in [-0.15, -0.1) is 0 Å². The standard InChI is InChI=1S/C22H20N4O3/c1-27-17-10-9-14(19(28-2)20(17)29-3)15-11-16(13-7-5-4-6-8-13)26-22-18(15)21(23)24-12-25-22/h4-12H,1-3H3,(H2,23,24,25,26). The number of hydrogen-bond acceptors (Lipinski definition) is 7. The van der Waals surface area contributed by atoms with Crippen molar-refractivity contribution >= 4 is 16.9 Å². The van der Waals surface area contributed by atoms with Crippen LogP contribution in [0.25, 0.3) is 33.4 Å². The lowest BCUT2D eigenvalue weighted by Gasteiger charge is -2.17. The van der Waals surface area contributed by atoms with Crippen molar-refractivity contribution in [2.75, 3.05) is 27.1 Å². The fourth-order valence-electron chi connectivity index (χ4n) is 3.37. The molecule has 0 amide bonds. The van der Waals surface area contributed by atoms with Crippen LogP contribution in [0.15, 0.2) is 54.9 Å². The number of nitrogens with two attached hydrogens (primary N) is 1. The lowest BCUT2D eigenvalue weighted by molar-refractivity contribution is 0.325. The van der Waals surface area contributed by atoms with Crippen LogP contribution >= 0.6 is 0 Å². The number of hydrogen-bond donors (Lipinski definition) is 1. The van der Waals surface area contributed by atoms with Gasteiger partial charge in [-0.25, -0.2) is 15.0 Å². The second-order valence-electron chi connectivity index (χ2n) is 6.26. The Morgan fingerprint density at radius 1 is 0.793 bits per heavy atom. The fraction of sp³-hybridized carbons (Fsp3) is 0.136. The summed E-state index contributed by atoms with van der Waals surface area (Å²) in [5, 5.41) is 0.651. The Morgan fingerprint density at radius 2 is 1.55 bits per heavy atom. The van der Waals surface area contributed by atoms with Crippen molar-refractivity contribution in [2.45, 2.75) is 0 Å². The molecule has 0 aliphatic carbocycles. The van der Waals surface area contributed by atoms with Crippen LogP contribution in [0.3, 0.4) is 0 Å². The zero-order valence-corrected chi connectivity index (χ0v) is 16.3. The minimum Gasteiger partial charge on any atom is -0.493 e. The van der Waals surface area contributed by atoms with Gasteiger partial charge in [0.1, 0.15) is 12.1 Å². The maximum atomic E-state index is 6.21. The zero-order valence-electron chi connectivity index (χ0n) is 16.3. The van der Waals surface area contributed by atoms with Crippen molar-refractivity contribution in [2.24, 2.45) is 0 Å². The van der Waals surface area contributed by atoms with Gasteiger partial charge in [-0.05, 0) is 18.2 Å². The SMILES string of the molecule is COc1ccc(-c2cc(-c3ccccc3)nc3ncnc(N)c23)c(OC)c1OC. The van der Waals surface area contributed by atoms with E-state index in [1.807, 2.05) is 48.5 Å². The summed E-state index contributed by atoms with van der Waals surface area (Å²) in [6, 6.07) is 15.6. The molecule has 7 heteroatoms. The van der Waals surface area contributed by atoms with E-state index in [1.54, 1.807) is 21.3 Å². The van der Waals surface area contributed by atoms with E-state index in [0.717, 1.165) is 22.4 Å². The summed E-state index contributed by atoms with van der Waals surface area (Å²) >= 11 is 0. The van der Waals surface area contributed by atoms with E-state index in [2.05, 4.69) is 9.97 Å². The predicted octanol–water partition coefficient (Wildman–Crippen LogP) is 3.97. The van der Waals surface area contributed by atoms with E-state index in [0.29, 0.717) is 34.1 Å².